The lowest BCUT2D eigenvalue weighted by molar-refractivity contribution is -0.0950. The third-order valence-electron chi connectivity index (χ3n) is 3.50. The van der Waals surface area contributed by atoms with Crippen molar-refractivity contribution in [3.05, 3.63) is 17.8 Å². The van der Waals surface area contributed by atoms with E-state index in [0.717, 1.165) is 0 Å². The standard InChI is InChI=1S/C11H13ClN4O4/c1-11(19)7(18)5(2-17)20-10(11)16-4-15-6-8(12)13-3-14-9(6)16/h3-5,7,10,17-19H,2H2,1H3/t5-,7-,10-,11?/m1/s1. The van der Waals surface area contributed by atoms with Gasteiger partial charge in [0.2, 0.25) is 0 Å². The molecule has 9 heteroatoms. The van der Waals surface area contributed by atoms with Crippen LogP contribution in [0.25, 0.3) is 11.2 Å². The number of nitrogens with zero attached hydrogens (tertiary/aromatic N) is 4. The molecule has 1 unspecified atom stereocenters. The minimum absolute atomic E-state index is 0.186. The first-order valence-corrected chi connectivity index (χ1v) is 6.34. The minimum Gasteiger partial charge on any atom is -0.394 e. The highest BCUT2D eigenvalue weighted by Crippen LogP contribution is 2.39. The molecule has 0 saturated carbocycles. The van der Waals surface area contributed by atoms with Crippen LogP contribution < -0.4 is 0 Å². The van der Waals surface area contributed by atoms with E-state index in [-0.39, 0.29) is 5.15 Å². The van der Waals surface area contributed by atoms with Crippen molar-refractivity contribution < 1.29 is 20.1 Å². The molecule has 3 N–H and O–H groups in total. The van der Waals surface area contributed by atoms with Gasteiger partial charge in [0.05, 0.1) is 12.9 Å². The molecule has 1 fully saturated rings. The van der Waals surface area contributed by atoms with Gasteiger partial charge in [-0.15, -0.1) is 0 Å². The van der Waals surface area contributed by atoms with Crippen LogP contribution >= 0.6 is 11.6 Å². The summed E-state index contributed by atoms with van der Waals surface area (Å²) in [5, 5.41) is 29.8. The van der Waals surface area contributed by atoms with Crippen LogP contribution in [0.15, 0.2) is 12.7 Å². The fourth-order valence-corrected chi connectivity index (χ4v) is 2.56. The van der Waals surface area contributed by atoms with E-state index in [1.54, 1.807) is 0 Å². The fourth-order valence-electron chi connectivity index (χ4n) is 2.39. The van der Waals surface area contributed by atoms with E-state index in [4.69, 9.17) is 16.3 Å². The Morgan fingerprint density at radius 3 is 2.85 bits per heavy atom. The highest BCUT2D eigenvalue weighted by molar-refractivity contribution is 6.33. The second-order valence-electron chi connectivity index (χ2n) is 4.87. The van der Waals surface area contributed by atoms with E-state index < -0.39 is 30.6 Å². The van der Waals surface area contributed by atoms with Gasteiger partial charge in [-0.2, -0.15) is 0 Å². The lowest BCUT2D eigenvalue weighted by atomic mass is 9.96. The monoisotopic (exact) mass is 300 g/mol. The quantitative estimate of drug-likeness (QED) is 0.640. The normalized spacial score (nSPS) is 34.0. The van der Waals surface area contributed by atoms with Crippen molar-refractivity contribution in [2.24, 2.45) is 0 Å². The number of imidazole rings is 1. The summed E-state index contributed by atoms with van der Waals surface area (Å²) in [6.45, 7) is 1.02. The van der Waals surface area contributed by atoms with Gasteiger partial charge in [0, 0.05) is 0 Å². The third-order valence-corrected chi connectivity index (χ3v) is 3.78. The first kappa shape index (κ1) is 13.7. The molecular formula is C11H13ClN4O4. The number of rotatable bonds is 2. The largest absolute Gasteiger partial charge is 0.394 e. The molecule has 4 atom stereocenters. The molecule has 1 saturated heterocycles. The van der Waals surface area contributed by atoms with Crippen LogP contribution in [0.5, 0.6) is 0 Å². The molecule has 3 heterocycles. The Morgan fingerprint density at radius 2 is 2.20 bits per heavy atom. The molecule has 1 aliphatic heterocycles. The van der Waals surface area contributed by atoms with Gasteiger partial charge >= 0.3 is 0 Å². The highest BCUT2D eigenvalue weighted by atomic mass is 35.5. The molecule has 1 aliphatic rings. The number of fused-ring (bicyclic) bond motifs is 1. The molecule has 0 aliphatic carbocycles. The predicted octanol–water partition coefficient (Wildman–Crippen LogP) is -0.519. The summed E-state index contributed by atoms with van der Waals surface area (Å²) in [5.74, 6) is 0. The van der Waals surface area contributed by atoms with Gasteiger partial charge in [-0.3, -0.25) is 4.57 Å². The van der Waals surface area contributed by atoms with E-state index in [9.17, 15) is 15.3 Å². The maximum Gasteiger partial charge on any atom is 0.168 e. The molecule has 8 nitrogen and oxygen atoms in total. The van der Waals surface area contributed by atoms with Crippen LogP contribution in [0.2, 0.25) is 5.15 Å². The number of aliphatic hydroxyl groups is 3. The highest BCUT2D eigenvalue weighted by Gasteiger charge is 2.53. The van der Waals surface area contributed by atoms with Crippen molar-refractivity contribution in [3.8, 4) is 0 Å². The van der Waals surface area contributed by atoms with Gasteiger partial charge in [-0.1, -0.05) is 11.6 Å². The first-order valence-electron chi connectivity index (χ1n) is 5.96. The average molecular weight is 301 g/mol. The van der Waals surface area contributed by atoms with Gasteiger partial charge in [0.15, 0.2) is 17.0 Å². The number of hydrogen-bond donors (Lipinski definition) is 3. The number of ether oxygens (including phenoxy) is 1. The van der Waals surface area contributed by atoms with Crippen molar-refractivity contribution in [1.82, 2.24) is 19.5 Å². The molecular weight excluding hydrogens is 288 g/mol. The average Bonchev–Trinajstić information content (AvgIpc) is 2.92. The smallest absolute Gasteiger partial charge is 0.168 e. The van der Waals surface area contributed by atoms with Crippen LogP contribution in [-0.2, 0) is 4.74 Å². The Labute approximate surface area is 118 Å². The number of aliphatic hydroxyl groups excluding tert-OH is 2. The summed E-state index contributed by atoms with van der Waals surface area (Å²) in [7, 11) is 0. The van der Waals surface area contributed by atoms with Gasteiger partial charge in [0.1, 0.15) is 29.7 Å². The molecule has 0 spiro atoms. The summed E-state index contributed by atoms with van der Waals surface area (Å²) in [6.07, 6.45) is -0.383. The molecule has 2 aromatic rings. The van der Waals surface area contributed by atoms with Gasteiger partial charge in [0.25, 0.3) is 0 Å². The number of hydrogen-bond acceptors (Lipinski definition) is 7. The van der Waals surface area contributed by atoms with E-state index in [1.807, 2.05) is 0 Å². The van der Waals surface area contributed by atoms with Crippen LogP contribution in [0, 0.1) is 0 Å². The summed E-state index contributed by atoms with van der Waals surface area (Å²) in [6, 6.07) is 0. The molecule has 0 bridgehead atoms. The van der Waals surface area contributed by atoms with Crippen LogP contribution in [0.1, 0.15) is 13.2 Å². The van der Waals surface area contributed by atoms with Gasteiger partial charge in [-0.25, -0.2) is 15.0 Å². The summed E-state index contributed by atoms with van der Waals surface area (Å²) < 4.78 is 6.96. The molecule has 2 aromatic heterocycles. The second-order valence-corrected chi connectivity index (χ2v) is 5.23. The van der Waals surface area contributed by atoms with E-state index in [1.165, 1.54) is 24.1 Å². The first-order chi connectivity index (χ1) is 9.46. The summed E-state index contributed by atoms with van der Waals surface area (Å²) in [4.78, 5) is 11.9. The van der Waals surface area contributed by atoms with Crippen molar-refractivity contribution in [1.29, 1.82) is 0 Å². The number of halogens is 1. The Morgan fingerprint density at radius 1 is 1.45 bits per heavy atom. The molecule has 0 aromatic carbocycles. The van der Waals surface area contributed by atoms with E-state index in [2.05, 4.69) is 15.0 Å². The Kier molecular flexibility index (Phi) is 3.14. The maximum atomic E-state index is 10.4. The molecule has 3 rings (SSSR count). The molecule has 20 heavy (non-hydrogen) atoms. The zero-order valence-electron chi connectivity index (χ0n) is 10.5. The van der Waals surface area contributed by atoms with Crippen molar-refractivity contribution in [2.45, 2.75) is 31.0 Å². The van der Waals surface area contributed by atoms with Gasteiger partial charge < -0.3 is 20.1 Å². The predicted molar refractivity (Wildman–Crippen MR) is 68.0 cm³/mol. The van der Waals surface area contributed by atoms with Crippen molar-refractivity contribution in [3.63, 3.8) is 0 Å². The van der Waals surface area contributed by atoms with Crippen LogP contribution in [-0.4, -0.2) is 59.3 Å². The maximum absolute atomic E-state index is 10.4. The molecule has 108 valence electrons. The van der Waals surface area contributed by atoms with Crippen LogP contribution in [0.4, 0.5) is 0 Å². The topological polar surface area (TPSA) is 114 Å². The summed E-state index contributed by atoms with van der Waals surface area (Å²) >= 11 is 5.91. The van der Waals surface area contributed by atoms with E-state index >= 15 is 0 Å². The number of aromatic nitrogens is 4. The van der Waals surface area contributed by atoms with Crippen LogP contribution in [0.3, 0.4) is 0 Å². The zero-order chi connectivity index (χ0) is 14.5. The zero-order valence-corrected chi connectivity index (χ0v) is 11.3. The van der Waals surface area contributed by atoms with Crippen molar-refractivity contribution in [2.75, 3.05) is 6.61 Å². The molecule has 0 amide bonds. The van der Waals surface area contributed by atoms with Crippen molar-refractivity contribution >= 4 is 22.8 Å². The lowest BCUT2D eigenvalue weighted by Crippen LogP contribution is -2.44. The Balaban J connectivity index is 2.10. The minimum atomic E-state index is -1.60. The molecule has 0 radical (unpaired) electrons. The third kappa shape index (κ3) is 1.80. The summed E-state index contributed by atoms with van der Waals surface area (Å²) in [5.41, 5.74) is -0.852. The Bertz CT molecular complexity index is 646. The second kappa shape index (κ2) is 4.61. The van der Waals surface area contributed by atoms with Gasteiger partial charge in [-0.05, 0) is 6.92 Å². The fraction of sp³-hybridized carbons (Fsp3) is 0.545. The lowest BCUT2D eigenvalue weighted by Gasteiger charge is -2.27. The Hall–Kier alpha value is -1.32. The van der Waals surface area contributed by atoms with E-state index in [0.29, 0.717) is 11.2 Å². The SMILES string of the molecule is CC1(O)[C@H](O)[C@@H](CO)O[C@H]1n1cnc2c(Cl)ncnc21.